The lowest BCUT2D eigenvalue weighted by Crippen LogP contribution is -2.23. The standard InChI is InChI=1S/C19H17N5O/c25-19(17-13-24-8-2-1-6-18(24)22-17)21-11-15-4-3-5-16(10-15)12-23-9-7-20-14-23/h1-10,13-14H,11-12H2,(H,21,25). The van der Waals surface area contributed by atoms with Gasteiger partial charge in [0, 0.05) is 37.9 Å². The Balaban J connectivity index is 1.43. The minimum absolute atomic E-state index is 0.177. The highest BCUT2D eigenvalue weighted by Crippen LogP contribution is 2.08. The maximum absolute atomic E-state index is 12.3. The Morgan fingerprint density at radius 1 is 1.08 bits per heavy atom. The van der Waals surface area contributed by atoms with Crippen LogP contribution in [0.25, 0.3) is 5.65 Å². The predicted molar refractivity (Wildman–Crippen MR) is 94.1 cm³/mol. The van der Waals surface area contributed by atoms with Crippen molar-refractivity contribution >= 4 is 11.6 Å². The highest BCUT2D eigenvalue weighted by molar-refractivity contribution is 5.92. The molecule has 0 atom stereocenters. The second-order valence-corrected chi connectivity index (χ2v) is 5.83. The first kappa shape index (κ1) is 15.1. The summed E-state index contributed by atoms with van der Waals surface area (Å²) in [6, 6.07) is 13.8. The van der Waals surface area contributed by atoms with E-state index in [2.05, 4.69) is 27.4 Å². The van der Waals surface area contributed by atoms with Gasteiger partial charge in [0.15, 0.2) is 0 Å². The Morgan fingerprint density at radius 3 is 2.84 bits per heavy atom. The monoisotopic (exact) mass is 331 g/mol. The van der Waals surface area contributed by atoms with Crippen LogP contribution in [0.4, 0.5) is 0 Å². The van der Waals surface area contributed by atoms with Crippen LogP contribution in [0.3, 0.4) is 0 Å². The van der Waals surface area contributed by atoms with Crippen molar-refractivity contribution in [3.05, 3.63) is 90.4 Å². The second kappa shape index (κ2) is 6.60. The SMILES string of the molecule is O=C(NCc1cccc(Cn2ccnc2)c1)c1cn2ccccc2n1. The molecule has 25 heavy (non-hydrogen) atoms. The number of aromatic nitrogens is 4. The first-order chi connectivity index (χ1) is 12.3. The van der Waals surface area contributed by atoms with Gasteiger partial charge in [0.1, 0.15) is 11.3 Å². The minimum atomic E-state index is -0.177. The molecule has 0 aliphatic carbocycles. The molecule has 0 saturated heterocycles. The molecule has 0 aliphatic heterocycles. The van der Waals surface area contributed by atoms with Crippen molar-refractivity contribution in [1.82, 2.24) is 24.3 Å². The summed E-state index contributed by atoms with van der Waals surface area (Å²) in [5, 5.41) is 2.93. The van der Waals surface area contributed by atoms with E-state index in [9.17, 15) is 4.79 Å². The Labute approximate surface area is 144 Å². The molecule has 0 unspecified atom stereocenters. The van der Waals surface area contributed by atoms with Crippen LogP contribution >= 0.6 is 0 Å². The van der Waals surface area contributed by atoms with Gasteiger partial charge < -0.3 is 14.3 Å². The van der Waals surface area contributed by atoms with Gasteiger partial charge >= 0.3 is 0 Å². The molecule has 0 saturated carbocycles. The van der Waals surface area contributed by atoms with Crippen molar-refractivity contribution in [2.75, 3.05) is 0 Å². The molecule has 1 N–H and O–H groups in total. The summed E-state index contributed by atoms with van der Waals surface area (Å²) >= 11 is 0. The summed E-state index contributed by atoms with van der Waals surface area (Å²) in [7, 11) is 0. The number of imidazole rings is 2. The molecule has 1 aromatic carbocycles. The zero-order valence-electron chi connectivity index (χ0n) is 13.5. The smallest absolute Gasteiger partial charge is 0.271 e. The van der Waals surface area contributed by atoms with Crippen molar-refractivity contribution in [1.29, 1.82) is 0 Å². The van der Waals surface area contributed by atoms with Crippen LogP contribution in [-0.4, -0.2) is 24.8 Å². The number of hydrogen-bond donors (Lipinski definition) is 1. The number of fused-ring (bicyclic) bond motifs is 1. The van der Waals surface area contributed by atoms with Gasteiger partial charge in [-0.3, -0.25) is 4.79 Å². The zero-order chi connectivity index (χ0) is 17.1. The number of carbonyl (C=O) groups is 1. The average Bonchev–Trinajstić information content (AvgIpc) is 3.29. The largest absolute Gasteiger partial charge is 0.347 e. The fourth-order valence-corrected chi connectivity index (χ4v) is 2.75. The van der Waals surface area contributed by atoms with E-state index < -0.39 is 0 Å². The van der Waals surface area contributed by atoms with E-state index >= 15 is 0 Å². The van der Waals surface area contributed by atoms with Crippen LogP contribution in [-0.2, 0) is 13.1 Å². The highest BCUT2D eigenvalue weighted by atomic mass is 16.1. The second-order valence-electron chi connectivity index (χ2n) is 5.83. The van der Waals surface area contributed by atoms with Gasteiger partial charge in [-0.15, -0.1) is 0 Å². The van der Waals surface area contributed by atoms with E-state index in [1.54, 1.807) is 18.7 Å². The molecule has 4 aromatic rings. The number of amides is 1. The van der Waals surface area contributed by atoms with Gasteiger partial charge in [-0.2, -0.15) is 0 Å². The molecule has 0 radical (unpaired) electrons. The normalized spacial score (nSPS) is 10.9. The molecule has 1 amide bonds. The number of nitrogens with one attached hydrogen (secondary N) is 1. The zero-order valence-corrected chi connectivity index (χ0v) is 13.5. The van der Waals surface area contributed by atoms with Crippen LogP contribution in [0, 0.1) is 0 Å². The molecule has 0 aliphatic rings. The summed E-state index contributed by atoms with van der Waals surface area (Å²) in [5.41, 5.74) is 3.39. The molecule has 124 valence electrons. The summed E-state index contributed by atoms with van der Waals surface area (Å²) in [5.74, 6) is -0.177. The van der Waals surface area contributed by atoms with Crippen molar-refractivity contribution in [2.45, 2.75) is 13.1 Å². The van der Waals surface area contributed by atoms with Crippen molar-refractivity contribution < 1.29 is 4.79 Å². The van der Waals surface area contributed by atoms with Gasteiger partial charge in [-0.05, 0) is 23.3 Å². The van der Waals surface area contributed by atoms with Gasteiger partial charge in [0.05, 0.1) is 6.33 Å². The van der Waals surface area contributed by atoms with Crippen LogP contribution in [0.15, 0.2) is 73.6 Å². The maximum atomic E-state index is 12.3. The van der Waals surface area contributed by atoms with Gasteiger partial charge in [0.2, 0.25) is 0 Å². The Morgan fingerprint density at radius 2 is 2.00 bits per heavy atom. The van der Waals surface area contributed by atoms with E-state index in [4.69, 9.17) is 0 Å². The molecular weight excluding hydrogens is 314 g/mol. The topological polar surface area (TPSA) is 64.2 Å². The third kappa shape index (κ3) is 3.42. The summed E-state index contributed by atoms with van der Waals surface area (Å²) in [6.45, 7) is 1.22. The van der Waals surface area contributed by atoms with E-state index in [-0.39, 0.29) is 5.91 Å². The van der Waals surface area contributed by atoms with E-state index in [1.807, 2.05) is 51.7 Å². The summed E-state index contributed by atoms with van der Waals surface area (Å²) < 4.78 is 3.84. The number of nitrogens with zero attached hydrogens (tertiary/aromatic N) is 4. The number of hydrogen-bond acceptors (Lipinski definition) is 3. The Bertz CT molecular complexity index is 971. The number of benzene rings is 1. The number of pyridine rings is 1. The first-order valence-electron chi connectivity index (χ1n) is 8.03. The van der Waals surface area contributed by atoms with Crippen LogP contribution in [0.1, 0.15) is 21.6 Å². The lowest BCUT2D eigenvalue weighted by molar-refractivity contribution is 0.0946. The van der Waals surface area contributed by atoms with Crippen LogP contribution in [0.5, 0.6) is 0 Å². The lowest BCUT2D eigenvalue weighted by atomic mass is 10.1. The lowest BCUT2D eigenvalue weighted by Gasteiger charge is -2.07. The van der Waals surface area contributed by atoms with Crippen molar-refractivity contribution in [3.8, 4) is 0 Å². The molecule has 4 rings (SSSR count). The highest BCUT2D eigenvalue weighted by Gasteiger charge is 2.10. The maximum Gasteiger partial charge on any atom is 0.271 e. The molecular formula is C19H17N5O. The van der Waals surface area contributed by atoms with E-state index in [0.29, 0.717) is 12.2 Å². The van der Waals surface area contributed by atoms with Crippen LogP contribution < -0.4 is 5.32 Å². The van der Waals surface area contributed by atoms with E-state index in [0.717, 1.165) is 23.3 Å². The fraction of sp³-hybridized carbons (Fsp3) is 0.105. The third-order valence-electron chi connectivity index (χ3n) is 3.97. The van der Waals surface area contributed by atoms with Crippen molar-refractivity contribution in [3.63, 3.8) is 0 Å². The predicted octanol–water partition coefficient (Wildman–Crippen LogP) is 2.51. The molecule has 3 heterocycles. The Kier molecular flexibility index (Phi) is 4.00. The molecule has 6 nitrogen and oxygen atoms in total. The molecule has 3 aromatic heterocycles. The van der Waals surface area contributed by atoms with Gasteiger partial charge in [-0.25, -0.2) is 9.97 Å². The molecule has 0 fully saturated rings. The molecule has 0 bridgehead atoms. The fourth-order valence-electron chi connectivity index (χ4n) is 2.75. The quantitative estimate of drug-likeness (QED) is 0.611. The first-order valence-corrected chi connectivity index (χ1v) is 8.03. The third-order valence-corrected chi connectivity index (χ3v) is 3.97. The summed E-state index contributed by atoms with van der Waals surface area (Å²) in [4.78, 5) is 20.7. The molecule has 0 spiro atoms. The summed E-state index contributed by atoms with van der Waals surface area (Å²) in [6.07, 6.45) is 9.09. The van der Waals surface area contributed by atoms with Gasteiger partial charge in [0.25, 0.3) is 5.91 Å². The molecule has 6 heteroatoms. The number of carbonyl (C=O) groups excluding carboxylic acids is 1. The average molecular weight is 331 g/mol. The van der Waals surface area contributed by atoms with Gasteiger partial charge in [-0.1, -0.05) is 30.3 Å². The minimum Gasteiger partial charge on any atom is -0.347 e. The van der Waals surface area contributed by atoms with Crippen molar-refractivity contribution in [2.24, 2.45) is 0 Å². The van der Waals surface area contributed by atoms with Crippen LogP contribution in [0.2, 0.25) is 0 Å². The number of rotatable bonds is 5. The van der Waals surface area contributed by atoms with E-state index in [1.165, 1.54) is 0 Å². The Hall–Kier alpha value is -3.41.